The predicted molar refractivity (Wildman–Crippen MR) is 101 cm³/mol. The number of hydrogen-bond donors (Lipinski definition) is 0. The maximum atomic E-state index is 12.3. The first-order valence-electron chi connectivity index (χ1n) is 8.90. The number of unbranched alkanes of at least 4 members (excludes halogenated alkanes) is 1. The monoisotopic (exact) mass is 383 g/mol. The van der Waals surface area contributed by atoms with Gasteiger partial charge in [0.2, 0.25) is 0 Å². The van der Waals surface area contributed by atoms with Crippen molar-refractivity contribution in [1.29, 1.82) is 0 Å². The number of rotatable bonds is 8. The maximum Gasteiger partial charge on any atom is 0.338 e. The Bertz CT molecular complexity index is 850. The van der Waals surface area contributed by atoms with Crippen LogP contribution >= 0.6 is 0 Å². The van der Waals surface area contributed by atoms with Crippen LogP contribution in [0.15, 0.2) is 42.5 Å². The van der Waals surface area contributed by atoms with E-state index in [1.54, 1.807) is 42.5 Å². The summed E-state index contributed by atoms with van der Waals surface area (Å²) in [6.07, 6.45) is 1.07. The Morgan fingerprint density at radius 1 is 0.893 bits per heavy atom. The van der Waals surface area contributed by atoms with Gasteiger partial charge in [-0.05, 0) is 37.1 Å². The standard InChI is InChI=1S/C21H21NO6/c1-26-15-11-14(12-16(13-15)27-2)21(25)28-10-6-5-9-22-19(23)17-7-3-4-8-18(17)20(22)24/h3-4,7-8,11-13H,5-6,9-10H2,1-2H3. The fourth-order valence-corrected chi connectivity index (χ4v) is 2.99. The van der Waals surface area contributed by atoms with Crippen molar-refractivity contribution in [2.75, 3.05) is 27.4 Å². The molecule has 0 saturated carbocycles. The first-order chi connectivity index (χ1) is 13.5. The molecule has 0 spiro atoms. The number of esters is 1. The molecule has 1 heterocycles. The van der Waals surface area contributed by atoms with E-state index in [-0.39, 0.29) is 25.0 Å². The Morgan fingerprint density at radius 2 is 1.46 bits per heavy atom. The normalized spacial score (nSPS) is 12.7. The van der Waals surface area contributed by atoms with E-state index in [1.165, 1.54) is 19.1 Å². The Balaban J connectivity index is 1.47. The molecule has 2 amide bonds. The van der Waals surface area contributed by atoms with Crippen molar-refractivity contribution in [3.8, 4) is 11.5 Å². The molecule has 0 radical (unpaired) electrons. The van der Waals surface area contributed by atoms with Crippen LogP contribution < -0.4 is 9.47 Å². The fourth-order valence-electron chi connectivity index (χ4n) is 2.99. The quantitative estimate of drug-likeness (QED) is 0.396. The molecule has 0 aromatic heterocycles. The molecule has 28 heavy (non-hydrogen) atoms. The summed E-state index contributed by atoms with van der Waals surface area (Å²) >= 11 is 0. The molecule has 0 saturated heterocycles. The van der Waals surface area contributed by atoms with Crippen molar-refractivity contribution in [3.63, 3.8) is 0 Å². The molecule has 0 atom stereocenters. The summed E-state index contributed by atoms with van der Waals surface area (Å²) in [4.78, 5) is 38.0. The fraction of sp³-hybridized carbons (Fsp3) is 0.286. The lowest BCUT2D eigenvalue weighted by molar-refractivity contribution is 0.0485. The third-order valence-electron chi connectivity index (χ3n) is 4.47. The number of amides is 2. The van der Waals surface area contributed by atoms with Gasteiger partial charge in [0.25, 0.3) is 11.8 Å². The highest BCUT2D eigenvalue weighted by molar-refractivity contribution is 6.21. The molecule has 0 N–H and O–H groups in total. The highest BCUT2D eigenvalue weighted by Crippen LogP contribution is 2.24. The van der Waals surface area contributed by atoms with Crippen molar-refractivity contribution in [1.82, 2.24) is 4.90 Å². The summed E-state index contributed by atoms with van der Waals surface area (Å²) in [6.45, 7) is 0.471. The van der Waals surface area contributed by atoms with Crippen LogP contribution in [0.25, 0.3) is 0 Å². The minimum Gasteiger partial charge on any atom is -0.497 e. The molecule has 3 rings (SSSR count). The van der Waals surface area contributed by atoms with Gasteiger partial charge in [0.15, 0.2) is 0 Å². The van der Waals surface area contributed by atoms with Crippen LogP contribution in [-0.2, 0) is 4.74 Å². The molecule has 7 heteroatoms. The minimum atomic E-state index is -0.488. The van der Waals surface area contributed by atoms with Crippen LogP contribution in [0.4, 0.5) is 0 Å². The van der Waals surface area contributed by atoms with E-state index >= 15 is 0 Å². The molecule has 0 unspecified atom stereocenters. The average Bonchev–Trinajstić information content (AvgIpc) is 2.97. The van der Waals surface area contributed by atoms with Crippen molar-refractivity contribution in [3.05, 3.63) is 59.2 Å². The Labute approximate surface area is 162 Å². The summed E-state index contributed by atoms with van der Waals surface area (Å²) in [5.74, 6) is -0.0473. The molecule has 2 aromatic rings. The molecule has 1 aliphatic rings. The molecular weight excluding hydrogens is 362 g/mol. The lowest BCUT2D eigenvalue weighted by atomic mass is 10.1. The first kappa shape index (κ1) is 19.4. The van der Waals surface area contributed by atoms with Gasteiger partial charge in [-0.25, -0.2) is 4.79 Å². The van der Waals surface area contributed by atoms with Crippen molar-refractivity contribution >= 4 is 17.8 Å². The maximum absolute atomic E-state index is 12.3. The summed E-state index contributed by atoms with van der Waals surface area (Å²) in [5.41, 5.74) is 1.20. The van der Waals surface area contributed by atoms with Crippen LogP contribution in [0.2, 0.25) is 0 Å². The number of fused-ring (bicyclic) bond motifs is 1. The highest BCUT2D eigenvalue weighted by Gasteiger charge is 2.34. The van der Waals surface area contributed by atoms with Crippen molar-refractivity contribution < 1.29 is 28.6 Å². The van der Waals surface area contributed by atoms with Crippen LogP contribution in [0, 0.1) is 0 Å². The number of imide groups is 1. The van der Waals surface area contributed by atoms with Gasteiger partial charge in [0.05, 0.1) is 37.5 Å². The van der Waals surface area contributed by atoms with Gasteiger partial charge in [-0.1, -0.05) is 12.1 Å². The van der Waals surface area contributed by atoms with E-state index in [1.807, 2.05) is 0 Å². The van der Waals surface area contributed by atoms with Gasteiger partial charge in [0, 0.05) is 12.6 Å². The summed E-state index contributed by atoms with van der Waals surface area (Å²) < 4.78 is 15.5. The van der Waals surface area contributed by atoms with Crippen LogP contribution in [0.1, 0.15) is 43.9 Å². The lowest BCUT2D eigenvalue weighted by Crippen LogP contribution is -2.30. The number of carbonyl (C=O) groups is 3. The van der Waals surface area contributed by atoms with Crippen LogP contribution in [0.3, 0.4) is 0 Å². The van der Waals surface area contributed by atoms with Gasteiger partial charge < -0.3 is 14.2 Å². The molecule has 7 nitrogen and oxygen atoms in total. The zero-order valence-corrected chi connectivity index (χ0v) is 15.8. The summed E-state index contributed by atoms with van der Waals surface area (Å²) in [6, 6.07) is 11.6. The second-order valence-corrected chi connectivity index (χ2v) is 6.25. The molecule has 0 fully saturated rings. The second-order valence-electron chi connectivity index (χ2n) is 6.25. The molecule has 1 aliphatic heterocycles. The van der Waals surface area contributed by atoms with E-state index in [4.69, 9.17) is 14.2 Å². The van der Waals surface area contributed by atoms with E-state index in [0.717, 1.165) is 0 Å². The van der Waals surface area contributed by atoms with E-state index in [2.05, 4.69) is 0 Å². The number of carbonyl (C=O) groups excluding carboxylic acids is 3. The number of benzene rings is 2. The van der Waals surface area contributed by atoms with E-state index in [0.29, 0.717) is 41.0 Å². The van der Waals surface area contributed by atoms with E-state index < -0.39 is 5.97 Å². The zero-order valence-electron chi connectivity index (χ0n) is 15.8. The number of methoxy groups -OCH3 is 2. The third-order valence-corrected chi connectivity index (χ3v) is 4.47. The Morgan fingerprint density at radius 3 is 2.00 bits per heavy atom. The van der Waals surface area contributed by atoms with Gasteiger partial charge in [-0.15, -0.1) is 0 Å². The first-order valence-corrected chi connectivity index (χ1v) is 8.90. The largest absolute Gasteiger partial charge is 0.497 e. The summed E-state index contributed by atoms with van der Waals surface area (Å²) in [5, 5.41) is 0. The summed E-state index contributed by atoms with van der Waals surface area (Å²) in [7, 11) is 3.01. The van der Waals surface area contributed by atoms with Crippen LogP contribution in [-0.4, -0.2) is 50.1 Å². The predicted octanol–water partition coefficient (Wildman–Crippen LogP) is 2.94. The third kappa shape index (κ3) is 3.98. The SMILES string of the molecule is COc1cc(OC)cc(C(=O)OCCCCN2C(=O)c3ccccc3C2=O)c1. The van der Waals surface area contributed by atoms with Gasteiger partial charge in [-0.2, -0.15) is 0 Å². The Hall–Kier alpha value is -3.35. The van der Waals surface area contributed by atoms with Crippen molar-refractivity contribution in [2.45, 2.75) is 12.8 Å². The number of ether oxygens (including phenoxy) is 3. The van der Waals surface area contributed by atoms with Crippen molar-refractivity contribution in [2.24, 2.45) is 0 Å². The minimum absolute atomic E-state index is 0.182. The topological polar surface area (TPSA) is 82.1 Å². The van der Waals surface area contributed by atoms with Gasteiger partial charge in [0.1, 0.15) is 11.5 Å². The molecular formula is C21H21NO6. The highest BCUT2D eigenvalue weighted by atomic mass is 16.5. The average molecular weight is 383 g/mol. The Kier molecular flexibility index (Phi) is 5.93. The molecule has 2 aromatic carbocycles. The molecule has 146 valence electrons. The van der Waals surface area contributed by atoms with Crippen LogP contribution in [0.5, 0.6) is 11.5 Å². The lowest BCUT2D eigenvalue weighted by Gasteiger charge is -2.13. The number of hydrogen-bond acceptors (Lipinski definition) is 6. The smallest absolute Gasteiger partial charge is 0.338 e. The molecule has 0 bridgehead atoms. The zero-order chi connectivity index (χ0) is 20.1. The number of nitrogens with zero attached hydrogens (tertiary/aromatic N) is 1. The molecule has 0 aliphatic carbocycles. The van der Waals surface area contributed by atoms with Gasteiger partial charge >= 0.3 is 5.97 Å². The second kappa shape index (κ2) is 8.56. The van der Waals surface area contributed by atoms with Gasteiger partial charge in [-0.3, -0.25) is 14.5 Å². The van der Waals surface area contributed by atoms with E-state index in [9.17, 15) is 14.4 Å².